The molecule has 0 radical (unpaired) electrons. The monoisotopic (exact) mass is 341 g/mol. The topological polar surface area (TPSA) is 48.0 Å². The van der Waals surface area contributed by atoms with Crippen molar-refractivity contribution in [3.8, 4) is 17.2 Å². The molecule has 0 aromatic heterocycles. The maximum Gasteiger partial charge on any atom is 0.231 e. The number of methoxy groups -OCH3 is 3. The average Bonchev–Trinajstić information content (AvgIpc) is 2.66. The van der Waals surface area contributed by atoms with Crippen molar-refractivity contribution in [2.24, 2.45) is 0 Å². The molecule has 0 aliphatic carbocycles. The molecule has 0 fully saturated rings. The number of ether oxygens (including phenoxy) is 3. The van der Waals surface area contributed by atoms with E-state index in [1.807, 2.05) is 41.3 Å². The van der Waals surface area contributed by atoms with Crippen LogP contribution < -0.4 is 19.1 Å². The Labute approximate surface area is 148 Å². The summed E-state index contributed by atoms with van der Waals surface area (Å²) in [5, 5.41) is 0. The molecule has 0 unspecified atom stereocenters. The van der Waals surface area contributed by atoms with Gasteiger partial charge in [-0.1, -0.05) is 18.2 Å². The first-order valence-corrected chi connectivity index (χ1v) is 8.35. The fourth-order valence-corrected chi connectivity index (χ4v) is 3.30. The Morgan fingerprint density at radius 3 is 2.52 bits per heavy atom. The van der Waals surface area contributed by atoms with Crippen molar-refractivity contribution in [3.05, 3.63) is 47.5 Å². The second-order valence-corrected chi connectivity index (χ2v) is 5.96. The van der Waals surface area contributed by atoms with Crippen LogP contribution >= 0.6 is 0 Å². The Hall–Kier alpha value is -2.69. The fourth-order valence-electron chi connectivity index (χ4n) is 3.30. The molecule has 0 bridgehead atoms. The zero-order valence-corrected chi connectivity index (χ0v) is 14.9. The van der Waals surface area contributed by atoms with Crippen molar-refractivity contribution in [1.82, 2.24) is 0 Å². The van der Waals surface area contributed by atoms with Gasteiger partial charge in [0.05, 0.1) is 33.4 Å². The highest BCUT2D eigenvalue weighted by atomic mass is 16.5. The van der Waals surface area contributed by atoms with E-state index in [2.05, 4.69) is 0 Å². The lowest BCUT2D eigenvalue weighted by Crippen LogP contribution is -2.36. The van der Waals surface area contributed by atoms with E-state index in [0.717, 1.165) is 41.2 Å². The van der Waals surface area contributed by atoms with E-state index in [1.54, 1.807) is 21.3 Å². The van der Waals surface area contributed by atoms with Crippen LogP contribution in [0.3, 0.4) is 0 Å². The fraction of sp³-hybridized carbons (Fsp3) is 0.350. The minimum atomic E-state index is 0.0424. The molecule has 5 nitrogen and oxygen atoms in total. The van der Waals surface area contributed by atoms with Crippen LogP contribution in [-0.2, 0) is 17.6 Å². The number of carbonyl (C=O) groups is 1. The van der Waals surface area contributed by atoms with E-state index < -0.39 is 0 Å². The molecule has 0 saturated heterocycles. The number of fused-ring (bicyclic) bond motifs is 1. The Balaban J connectivity index is 1.93. The molecule has 1 aliphatic rings. The molecule has 1 aliphatic heterocycles. The zero-order chi connectivity index (χ0) is 17.8. The number of hydrogen-bond acceptors (Lipinski definition) is 4. The summed E-state index contributed by atoms with van der Waals surface area (Å²) in [6.07, 6.45) is 2.09. The molecule has 0 spiro atoms. The molecule has 0 N–H and O–H groups in total. The molecule has 2 aromatic rings. The maximum absolute atomic E-state index is 13.0. The van der Waals surface area contributed by atoms with Crippen molar-refractivity contribution < 1.29 is 19.0 Å². The Morgan fingerprint density at radius 2 is 1.80 bits per heavy atom. The van der Waals surface area contributed by atoms with E-state index >= 15 is 0 Å². The van der Waals surface area contributed by atoms with Crippen molar-refractivity contribution >= 4 is 11.6 Å². The molecule has 1 heterocycles. The van der Waals surface area contributed by atoms with Gasteiger partial charge in [0.15, 0.2) is 0 Å². The van der Waals surface area contributed by atoms with Crippen LogP contribution in [0.5, 0.6) is 17.2 Å². The standard InChI is InChI=1S/C20H23NO4/c1-23-15-12-17-16(19(13-15)25-3)8-6-10-21(17)20(22)11-14-7-4-5-9-18(14)24-2/h4-5,7,9,12-13H,6,8,10-11H2,1-3H3. The summed E-state index contributed by atoms with van der Waals surface area (Å²) < 4.78 is 16.2. The molecule has 1 amide bonds. The predicted octanol–water partition coefficient (Wildman–Crippen LogP) is 3.23. The summed E-state index contributed by atoms with van der Waals surface area (Å²) in [6.45, 7) is 0.692. The number of carbonyl (C=O) groups excluding carboxylic acids is 1. The van der Waals surface area contributed by atoms with Crippen LogP contribution in [-0.4, -0.2) is 33.8 Å². The minimum absolute atomic E-state index is 0.0424. The molecular formula is C20H23NO4. The van der Waals surface area contributed by atoms with Crippen LogP contribution in [0.25, 0.3) is 0 Å². The smallest absolute Gasteiger partial charge is 0.231 e. The van der Waals surface area contributed by atoms with Gasteiger partial charge in [0, 0.05) is 29.8 Å². The molecule has 132 valence electrons. The summed E-state index contributed by atoms with van der Waals surface area (Å²) in [5.41, 5.74) is 2.82. The van der Waals surface area contributed by atoms with Crippen LogP contribution in [0.1, 0.15) is 17.5 Å². The lowest BCUT2D eigenvalue weighted by molar-refractivity contribution is -0.118. The van der Waals surface area contributed by atoms with E-state index in [9.17, 15) is 4.79 Å². The van der Waals surface area contributed by atoms with Crippen LogP contribution in [0.15, 0.2) is 36.4 Å². The Kier molecular flexibility index (Phi) is 5.12. The van der Waals surface area contributed by atoms with Crippen molar-refractivity contribution in [2.45, 2.75) is 19.3 Å². The lowest BCUT2D eigenvalue weighted by atomic mass is 9.99. The van der Waals surface area contributed by atoms with Crippen LogP contribution in [0, 0.1) is 0 Å². The molecule has 5 heteroatoms. The zero-order valence-electron chi connectivity index (χ0n) is 14.9. The number of rotatable bonds is 5. The molecule has 25 heavy (non-hydrogen) atoms. The lowest BCUT2D eigenvalue weighted by Gasteiger charge is -2.31. The minimum Gasteiger partial charge on any atom is -0.497 e. The van der Waals surface area contributed by atoms with E-state index in [0.29, 0.717) is 18.7 Å². The second-order valence-electron chi connectivity index (χ2n) is 5.96. The summed E-state index contributed by atoms with van der Waals surface area (Å²) in [7, 11) is 4.88. The first kappa shape index (κ1) is 17.1. The van der Waals surface area contributed by atoms with Crippen molar-refractivity contribution in [1.29, 1.82) is 0 Å². The van der Waals surface area contributed by atoms with Gasteiger partial charge >= 0.3 is 0 Å². The molecule has 0 atom stereocenters. The van der Waals surface area contributed by atoms with E-state index in [1.165, 1.54) is 0 Å². The second kappa shape index (κ2) is 7.47. The summed E-state index contributed by atoms with van der Waals surface area (Å²) in [5.74, 6) is 2.23. The van der Waals surface area contributed by atoms with Gasteiger partial charge in [0.25, 0.3) is 0 Å². The highest BCUT2D eigenvalue weighted by molar-refractivity contribution is 5.97. The number of para-hydroxylation sites is 1. The van der Waals surface area contributed by atoms with Gasteiger partial charge in [0.2, 0.25) is 5.91 Å². The predicted molar refractivity (Wildman–Crippen MR) is 96.9 cm³/mol. The van der Waals surface area contributed by atoms with Gasteiger partial charge in [-0.15, -0.1) is 0 Å². The summed E-state index contributed by atoms with van der Waals surface area (Å²) >= 11 is 0. The van der Waals surface area contributed by atoms with Crippen molar-refractivity contribution in [3.63, 3.8) is 0 Å². The highest BCUT2D eigenvalue weighted by Gasteiger charge is 2.26. The largest absolute Gasteiger partial charge is 0.497 e. The summed E-state index contributed by atoms with van der Waals surface area (Å²) in [4.78, 5) is 14.8. The molecule has 0 saturated carbocycles. The molecular weight excluding hydrogens is 318 g/mol. The van der Waals surface area contributed by atoms with E-state index in [4.69, 9.17) is 14.2 Å². The first-order chi connectivity index (χ1) is 12.2. The van der Waals surface area contributed by atoms with Gasteiger partial charge in [-0.05, 0) is 18.9 Å². The first-order valence-electron chi connectivity index (χ1n) is 8.35. The van der Waals surface area contributed by atoms with Gasteiger partial charge < -0.3 is 19.1 Å². The Bertz CT molecular complexity index is 772. The third-order valence-corrected chi connectivity index (χ3v) is 4.55. The van der Waals surface area contributed by atoms with Crippen LogP contribution in [0.2, 0.25) is 0 Å². The third-order valence-electron chi connectivity index (χ3n) is 4.55. The molecule has 2 aromatic carbocycles. The van der Waals surface area contributed by atoms with E-state index in [-0.39, 0.29) is 5.91 Å². The Morgan fingerprint density at radius 1 is 1.04 bits per heavy atom. The van der Waals surface area contributed by atoms with Gasteiger partial charge in [-0.2, -0.15) is 0 Å². The quantitative estimate of drug-likeness (QED) is 0.838. The number of hydrogen-bond donors (Lipinski definition) is 0. The highest BCUT2D eigenvalue weighted by Crippen LogP contribution is 2.38. The van der Waals surface area contributed by atoms with Crippen LogP contribution in [0.4, 0.5) is 5.69 Å². The van der Waals surface area contributed by atoms with Gasteiger partial charge in [0.1, 0.15) is 17.2 Å². The number of amides is 1. The van der Waals surface area contributed by atoms with Gasteiger partial charge in [-0.25, -0.2) is 0 Å². The van der Waals surface area contributed by atoms with Gasteiger partial charge in [-0.3, -0.25) is 4.79 Å². The number of nitrogens with zero attached hydrogens (tertiary/aromatic N) is 1. The maximum atomic E-state index is 13.0. The molecule has 3 rings (SSSR count). The normalized spacial score (nSPS) is 13.2. The summed E-state index contributed by atoms with van der Waals surface area (Å²) in [6, 6.07) is 11.4. The third kappa shape index (κ3) is 3.40. The number of benzene rings is 2. The number of anilines is 1. The van der Waals surface area contributed by atoms with Crippen molar-refractivity contribution in [2.75, 3.05) is 32.8 Å². The average molecular weight is 341 g/mol. The SMILES string of the molecule is COc1cc(OC)c2c(c1)N(C(=O)Cc1ccccc1OC)CCC2.